The number of rotatable bonds is 8. The molecule has 0 saturated carbocycles. The summed E-state index contributed by atoms with van der Waals surface area (Å²) in [6.45, 7) is 4.78. The summed E-state index contributed by atoms with van der Waals surface area (Å²) >= 11 is 0. The molecule has 0 aliphatic heterocycles. The lowest BCUT2D eigenvalue weighted by Gasteiger charge is -2.18. The zero-order valence-corrected chi connectivity index (χ0v) is 21.0. The SMILES string of the molecule is CN=C(NCc1ccc(-n2ccnc2C)c(F)c1)NCC(C)Oc1cccc(OC)c1.I. The van der Waals surface area contributed by atoms with Gasteiger partial charge < -0.3 is 24.7 Å². The molecule has 9 heteroatoms. The largest absolute Gasteiger partial charge is 0.497 e. The van der Waals surface area contributed by atoms with Crippen LogP contribution in [0.3, 0.4) is 0 Å². The zero-order chi connectivity index (χ0) is 22.2. The fraction of sp³-hybridized carbons (Fsp3) is 0.304. The second kappa shape index (κ2) is 12.3. The minimum atomic E-state index is -0.302. The van der Waals surface area contributed by atoms with E-state index in [1.54, 1.807) is 37.2 Å². The minimum absolute atomic E-state index is 0. The molecule has 3 aromatic rings. The van der Waals surface area contributed by atoms with Gasteiger partial charge in [0.05, 0.1) is 19.3 Å². The Morgan fingerprint density at radius 2 is 1.97 bits per heavy atom. The molecule has 1 aromatic heterocycles. The number of aliphatic imine (C=N–C) groups is 1. The van der Waals surface area contributed by atoms with Crippen molar-refractivity contribution in [2.75, 3.05) is 20.7 Å². The van der Waals surface area contributed by atoms with Gasteiger partial charge in [0.25, 0.3) is 0 Å². The molecule has 0 saturated heterocycles. The molecule has 3 rings (SSSR count). The highest BCUT2D eigenvalue weighted by molar-refractivity contribution is 14.0. The molecular weight excluding hydrogens is 524 g/mol. The summed E-state index contributed by atoms with van der Waals surface area (Å²) in [5.41, 5.74) is 1.28. The number of guanidine groups is 1. The topological polar surface area (TPSA) is 72.7 Å². The van der Waals surface area contributed by atoms with Crippen LogP contribution in [0.25, 0.3) is 5.69 Å². The predicted octanol–water partition coefficient (Wildman–Crippen LogP) is 4.08. The molecule has 7 nitrogen and oxygen atoms in total. The molecule has 32 heavy (non-hydrogen) atoms. The van der Waals surface area contributed by atoms with Gasteiger partial charge in [0, 0.05) is 32.1 Å². The first-order valence-electron chi connectivity index (χ1n) is 10.0. The van der Waals surface area contributed by atoms with Crippen molar-refractivity contribution in [3.8, 4) is 17.2 Å². The Kier molecular flexibility index (Phi) is 9.76. The van der Waals surface area contributed by atoms with Gasteiger partial charge in [-0.15, -0.1) is 24.0 Å². The van der Waals surface area contributed by atoms with E-state index in [4.69, 9.17) is 9.47 Å². The first kappa shape index (κ1) is 25.4. The highest BCUT2D eigenvalue weighted by Crippen LogP contribution is 2.20. The number of hydrogen-bond acceptors (Lipinski definition) is 4. The monoisotopic (exact) mass is 553 g/mol. The molecule has 1 heterocycles. The lowest BCUT2D eigenvalue weighted by atomic mass is 10.2. The lowest BCUT2D eigenvalue weighted by molar-refractivity contribution is 0.223. The van der Waals surface area contributed by atoms with E-state index in [1.165, 1.54) is 6.07 Å². The zero-order valence-electron chi connectivity index (χ0n) is 18.6. The third kappa shape index (κ3) is 6.84. The van der Waals surface area contributed by atoms with E-state index in [9.17, 15) is 4.39 Å². The lowest BCUT2D eigenvalue weighted by Crippen LogP contribution is -2.41. The van der Waals surface area contributed by atoms with E-state index >= 15 is 0 Å². The molecular formula is C23H29FIN5O2. The summed E-state index contributed by atoms with van der Waals surface area (Å²) in [6, 6.07) is 12.6. The second-order valence-corrected chi connectivity index (χ2v) is 7.04. The van der Waals surface area contributed by atoms with Crippen LogP contribution in [0.4, 0.5) is 4.39 Å². The molecule has 0 amide bonds. The van der Waals surface area contributed by atoms with Crippen LogP contribution >= 0.6 is 24.0 Å². The number of nitrogens with one attached hydrogen (secondary N) is 2. The molecule has 0 bridgehead atoms. The van der Waals surface area contributed by atoms with Crippen LogP contribution in [0.1, 0.15) is 18.3 Å². The van der Waals surface area contributed by atoms with Gasteiger partial charge in [-0.25, -0.2) is 9.37 Å². The van der Waals surface area contributed by atoms with E-state index in [0.717, 1.165) is 22.9 Å². The maximum atomic E-state index is 14.6. The number of nitrogens with zero attached hydrogens (tertiary/aromatic N) is 3. The smallest absolute Gasteiger partial charge is 0.191 e. The molecule has 0 fully saturated rings. The molecule has 0 spiro atoms. The van der Waals surface area contributed by atoms with Gasteiger partial charge in [-0.05, 0) is 43.7 Å². The van der Waals surface area contributed by atoms with Crippen molar-refractivity contribution in [3.63, 3.8) is 0 Å². The van der Waals surface area contributed by atoms with Crippen LogP contribution in [-0.2, 0) is 6.54 Å². The molecule has 2 N–H and O–H groups in total. The molecule has 172 valence electrons. The maximum absolute atomic E-state index is 14.6. The van der Waals surface area contributed by atoms with Crippen molar-refractivity contribution in [2.24, 2.45) is 4.99 Å². The first-order chi connectivity index (χ1) is 15.0. The minimum Gasteiger partial charge on any atom is -0.497 e. The second-order valence-electron chi connectivity index (χ2n) is 7.04. The summed E-state index contributed by atoms with van der Waals surface area (Å²) in [7, 11) is 3.31. The summed E-state index contributed by atoms with van der Waals surface area (Å²) in [6.07, 6.45) is 3.30. The Hall–Kier alpha value is -2.82. The Morgan fingerprint density at radius 3 is 2.62 bits per heavy atom. The Bertz CT molecular complexity index is 1040. The number of aromatic nitrogens is 2. The molecule has 2 aromatic carbocycles. The normalized spacial score (nSPS) is 12.0. The van der Waals surface area contributed by atoms with E-state index < -0.39 is 0 Å². The Morgan fingerprint density at radius 1 is 1.19 bits per heavy atom. The van der Waals surface area contributed by atoms with Gasteiger partial charge in [0.2, 0.25) is 0 Å². The van der Waals surface area contributed by atoms with Crippen molar-refractivity contribution < 1.29 is 13.9 Å². The third-order valence-corrected chi connectivity index (χ3v) is 4.72. The highest BCUT2D eigenvalue weighted by atomic mass is 127. The number of aryl methyl sites for hydroxylation is 1. The van der Waals surface area contributed by atoms with Crippen molar-refractivity contribution in [1.82, 2.24) is 20.2 Å². The number of halogens is 2. The summed E-state index contributed by atoms with van der Waals surface area (Å²) in [4.78, 5) is 8.35. The molecule has 0 aliphatic carbocycles. The van der Waals surface area contributed by atoms with Gasteiger partial charge in [-0.1, -0.05) is 12.1 Å². The first-order valence-corrected chi connectivity index (χ1v) is 10.0. The number of imidazole rings is 1. The van der Waals surface area contributed by atoms with E-state index in [2.05, 4.69) is 20.6 Å². The number of methoxy groups -OCH3 is 1. The van der Waals surface area contributed by atoms with Crippen LogP contribution in [0.2, 0.25) is 0 Å². The van der Waals surface area contributed by atoms with Gasteiger partial charge >= 0.3 is 0 Å². The molecule has 1 atom stereocenters. The van der Waals surface area contributed by atoms with Crippen LogP contribution < -0.4 is 20.1 Å². The van der Waals surface area contributed by atoms with Crippen LogP contribution in [0.5, 0.6) is 11.5 Å². The maximum Gasteiger partial charge on any atom is 0.191 e. The molecule has 1 unspecified atom stereocenters. The van der Waals surface area contributed by atoms with Gasteiger partial charge in [0.1, 0.15) is 29.2 Å². The summed E-state index contributed by atoms with van der Waals surface area (Å²) in [5, 5.41) is 6.41. The Labute approximate surface area is 205 Å². The van der Waals surface area contributed by atoms with Gasteiger partial charge in [-0.3, -0.25) is 4.99 Å². The number of benzene rings is 2. The van der Waals surface area contributed by atoms with Gasteiger partial charge in [-0.2, -0.15) is 0 Å². The quantitative estimate of drug-likeness (QED) is 0.250. The highest BCUT2D eigenvalue weighted by Gasteiger charge is 2.09. The van der Waals surface area contributed by atoms with E-state index in [0.29, 0.717) is 24.7 Å². The Balaban J connectivity index is 0.00000363. The van der Waals surface area contributed by atoms with Crippen molar-refractivity contribution in [2.45, 2.75) is 26.5 Å². The average Bonchev–Trinajstić information content (AvgIpc) is 3.19. The summed E-state index contributed by atoms with van der Waals surface area (Å²) < 4.78 is 27.4. The predicted molar refractivity (Wildman–Crippen MR) is 135 cm³/mol. The van der Waals surface area contributed by atoms with Crippen LogP contribution in [0.15, 0.2) is 59.9 Å². The third-order valence-electron chi connectivity index (χ3n) is 4.72. The van der Waals surface area contributed by atoms with Gasteiger partial charge in [0.15, 0.2) is 5.96 Å². The standard InChI is InChI=1S/C23H28FN5O2.HI/c1-16(31-20-7-5-6-19(13-20)30-4)14-27-23(25-3)28-15-18-8-9-22(21(24)12-18)29-11-10-26-17(29)2;/h5-13,16H,14-15H2,1-4H3,(H2,25,27,28);1H. The molecule has 0 aliphatic rings. The average molecular weight is 553 g/mol. The number of ether oxygens (including phenoxy) is 2. The number of hydrogen-bond donors (Lipinski definition) is 2. The fourth-order valence-electron chi connectivity index (χ4n) is 3.08. The molecule has 0 radical (unpaired) electrons. The van der Waals surface area contributed by atoms with E-state index in [-0.39, 0.29) is 35.9 Å². The van der Waals surface area contributed by atoms with Crippen molar-refractivity contribution >= 4 is 29.9 Å². The van der Waals surface area contributed by atoms with Crippen molar-refractivity contribution in [1.29, 1.82) is 0 Å². The van der Waals surface area contributed by atoms with Crippen molar-refractivity contribution in [3.05, 3.63) is 72.1 Å². The van der Waals surface area contributed by atoms with Crippen LogP contribution in [-0.4, -0.2) is 42.3 Å². The summed E-state index contributed by atoms with van der Waals surface area (Å²) in [5.74, 6) is 2.52. The fourth-order valence-corrected chi connectivity index (χ4v) is 3.08. The van der Waals surface area contributed by atoms with Crippen LogP contribution in [0, 0.1) is 12.7 Å². The van der Waals surface area contributed by atoms with E-state index in [1.807, 2.05) is 44.2 Å².